The van der Waals surface area contributed by atoms with Crippen molar-refractivity contribution in [3.8, 4) is 0 Å². The van der Waals surface area contributed by atoms with Crippen molar-refractivity contribution in [1.29, 1.82) is 0 Å². The summed E-state index contributed by atoms with van der Waals surface area (Å²) in [5.41, 5.74) is 0. The Kier molecular flexibility index (Phi) is 7.44. The van der Waals surface area contributed by atoms with Crippen molar-refractivity contribution in [1.82, 2.24) is 0 Å². The molecule has 2 aliphatic rings. The number of carbonyl (C=O) groups excluding carboxylic acids is 4. The summed E-state index contributed by atoms with van der Waals surface area (Å²) in [5, 5.41) is 0. The van der Waals surface area contributed by atoms with Gasteiger partial charge in [0.15, 0.2) is 0 Å². The topological polar surface area (TPSA) is 118 Å². The highest BCUT2D eigenvalue weighted by Gasteiger charge is 2.28. The molecule has 0 heterocycles. The smallest absolute Gasteiger partial charge is 0.211 e. The third kappa shape index (κ3) is 5.57. The van der Waals surface area contributed by atoms with Gasteiger partial charge in [-0.05, 0) is 32.1 Å². The van der Waals surface area contributed by atoms with Crippen molar-refractivity contribution in [2.45, 2.75) is 56.3 Å². The monoisotopic (exact) mass is 290 g/mol. The summed E-state index contributed by atoms with van der Waals surface area (Å²) in [4.78, 5) is 53.1. The molecule has 0 aromatic carbocycles. The molecule has 0 radical (unpaired) electrons. The maximum Gasteiger partial charge on any atom is 0.235 e. The molecule has 8 nitrogen and oxygen atoms in total. The Morgan fingerprint density at radius 2 is 1.00 bits per heavy atom. The van der Waals surface area contributed by atoms with E-state index in [1.165, 1.54) is 24.3 Å². The van der Waals surface area contributed by atoms with E-state index in [0.717, 1.165) is 19.3 Å². The van der Waals surface area contributed by atoms with Gasteiger partial charge in [-0.2, -0.15) is 0 Å². The van der Waals surface area contributed by atoms with Crippen molar-refractivity contribution in [2.75, 3.05) is 0 Å². The summed E-state index contributed by atoms with van der Waals surface area (Å²) in [6, 6.07) is -0.179. The van der Waals surface area contributed by atoms with Gasteiger partial charge in [-0.1, -0.05) is 0 Å². The van der Waals surface area contributed by atoms with Crippen LogP contribution in [-0.4, -0.2) is 48.5 Å². The maximum absolute atomic E-state index is 9.88. The van der Waals surface area contributed by atoms with E-state index in [0.29, 0.717) is 12.8 Å². The fourth-order valence-corrected chi connectivity index (χ4v) is 2.28. The lowest BCUT2D eigenvalue weighted by Gasteiger charge is -2.26. The molecule has 2 saturated carbocycles. The van der Waals surface area contributed by atoms with Crippen LogP contribution in [0.5, 0.6) is 0 Å². The average Bonchev–Trinajstić information content (AvgIpc) is 2.86. The minimum Gasteiger partial charge on any atom is -0.211 e. The van der Waals surface area contributed by atoms with Crippen LogP contribution in [0.4, 0.5) is 0 Å². The number of isocyanates is 4. The van der Waals surface area contributed by atoms with Gasteiger partial charge in [0.25, 0.3) is 0 Å². The molecule has 2 rings (SSSR count). The normalized spacial score (nSPS) is 29.0. The van der Waals surface area contributed by atoms with Crippen LogP contribution in [0.2, 0.25) is 0 Å². The van der Waals surface area contributed by atoms with Crippen LogP contribution in [-0.2, 0) is 19.2 Å². The van der Waals surface area contributed by atoms with Gasteiger partial charge in [-0.15, -0.1) is 0 Å². The minimum absolute atomic E-state index is 0.0413. The molecule has 0 saturated heterocycles. The predicted octanol–water partition coefficient (Wildman–Crippen LogP) is 0.768. The largest absolute Gasteiger partial charge is 0.235 e. The standard InChI is InChI=1S/C7H8N2O2.C6H6N2O2/c10-4-8-6-2-1-3-7(6)9-5-11;9-3-7-5-1-6(2-5)8-4-10/h6-7H,1-3H2;5-6H,1-2H2. The summed E-state index contributed by atoms with van der Waals surface area (Å²) in [7, 11) is 0. The van der Waals surface area contributed by atoms with E-state index < -0.39 is 0 Å². The molecule has 110 valence electrons. The van der Waals surface area contributed by atoms with Gasteiger partial charge in [0.1, 0.15) is 0 Å². The summed E-state index contributed by atoms with van der Waals surface area (Å²) in [5.74, 6) is 0. The number of aliphatic imine (C=N–C) groups is 4. The molecular formula is C13H14N4O4. The summed E-state index contributed by atoms with van der Waals surface area (Å²) in [6.07, 6.45) is 9.88. The molecule has 21 heavy (non-hydrogen) atoms. The van der Waals surface area contributed by atoms with E-state index in [-0.39, 0.29) is 24.2 Å². The highest BCUT2D eigenvalue weighted by molar-refractivity contribution is 5.36. The molecule has 0 spiro atoms. The first kappa shape index (κ1) is 16.6. The van der Waals surface area contributed by atoms with E-state index in [9.17, 15) is 19.2 Å². The highest BCUT2D eigenvalue weighted by Crippen LogP contribution is 2.25. The van der Waals surface area contributed by atoms with Crippen molar-refractivity contribution >= 4 is 24.3 Å². The molecule has 0 amide bonds. The van der Waals surface area contributed by atoms with E-state index >= 15 is 0 Å². The fourth-order valence-electron chi connectivity index (χ4n) is 2.28. The molecule has 0 aromatic heterocycles. The van der Waals surface area contributed by atoms with Crippen molar-refractivity contribution in [2.24, 2.45) is 20.0 Å². The van der Waals surface area contributed by atoms with Crippen LogP contribution in [0.1, 0.15) is 32.1 Å². The SMILES string of the molecule is O=C=NC1CC(N=C=O)C1.O=C=NC1CCCC1N=C=O. The first-order chi connectivity index (χ1) is 10.2. The Labute approximate surface area is 120 Å². The average molecular weight is 290 g/mol. The summed E-state index contributed by atoms with van der Waals surface area (Å²) >= 11 is 0. The van der Waals surface area contributed by atoms with Crippen molar-refractivity contribution in [3.63, 3.8) is 0 Å². The molecular weight excluding hydrogens is 276 g/mol. The molecule has 2 aliphatic carbocycles. The van der Waals surface area contributed by atoms with Crippen LogP contribution >= 0.6 is 0 Å². The third-order valence-corrected chi connectivity index (χ3v) is 3.44. The first-order valence-corrected chi connectivity index (χ1v) is 6.53. The Hall–Kier alpha value is -2.48. The second-order valence-electron chi connectivity index (χ2n) is 4.73. The van der Waals surface area contributed by atoms with E-state index in [2.05, 4.69) is 20.0 Å². The number of rotatable bonds is 4. The van der Waals surface area contributed by atoms with Crippen LogP contribution < -0.4 is 0 Å². The van der Waals surface area contributed by atoms with Gasteiger partial charge in [-0.3, -0.25) is 0 Å². The third-order valence-electron chi connectivity index (χ3n) is 3.44. The van der Waals surface area contributed by atoms with Crippen LogP contribution in [0, 0.1) is 0 Å². The van der Waals surface area contributed by atoms with Gasteiger partial charge >= 0.3 is 0 Å². The zero-order valence-electron chi connectivity index (χ0n) is 11.3. The molecule has 0 aromatic rings. The molecule has 2 fully saturated rings. The molecule has 8 heteroatoms. The molecule has 2 atom stereocenters. The first-order valence-electron chi connectivity index (χ1n) is 6.53. The lowest BCUT2D eigenvalue weighted by molar-refractivity contribution is 0.353. The molecule has 2 unspecified atom stereocenters. The zero-order valence-corrected chi connectivity index (χ0v) is 11.3. The lowest BCUT2D eigenvalue weighted by atomic mass is 9.88. The predicted molar refractivity (Wildman–Crippen MR) is 70.7 cm³/mol. The van der Waals surface area contributed by atoms with Crippen LogP contribution in [0.25, 0.3) is 0 Å². The maximum atomic E-state index is 9.88. The Morgan fingerprint density at radius 1 is 0.619 bits per heavy atom. The molecule has 0 bridgehead atoms. The van der Waals surface area contributed by atoms with E-state index in [1.54, 1.807) is 0 Å². The fraction of sp³-hybridized carbons (Fsp3) is 0.692. The second-order valence-corrected chi connectivity index (χ2v) is 4.73. The Bertz CT molecular complexity index is 486. The number of nitrogens with zero attached hydrogens (tertiary/aromatic N) is 4. The van der Waals surface area contributed by atoms with E-state index in [1.807, 2.05) is 0 Å². The van der Waals surface area contributed by atoms with Crippen molar-refractivity contribution in [3.05, 3.63) is 0 Å². The van der Waals surface area contributed by atoms with Gasteiger partial charge < -0.3 is 0 Å². The minimum atomic E-state index is -0.131. The van der Waals surface area contributed by atoms with Crippen LogP contribution in [0.3, 0.4) is 0 Å². The lowest BCUT2D eigenvalue weighted by Crippen LogP contribution is -2.30. The van der Waals surface area contributed by atoms with Gasteiger partial charge in [0.2, 0.25) is 24.3 Å². The van der Waals surface area contributed by atoms with E-state index in [4.69, 9.17) is 0 Å². The summed E-state index contributed by atoms with van der Waals surface area (Å²) in [6.45, 7) is 0. The van der Waals surface area contributed by atoms with Crippen molar-refractivity contribution < 1.29 is 19.2 Å². The number of hydrogen-bond acceptors (Lipinski definition) is 8. The van der Waals surface area contributed by atoms with Gasteiger partial charge in [0, 0.05) is 0 Å². The molecule has 0 aliphatic heterocycles. The second kappa shape index (κ2) is 9.43. The molecule has 0 N–H and O–H groups in total. The van der Waals surface area contributed by atoms with Crippen LogP contribution in [0.15, 0.2) is 20.0 Å². The zero-order chi connectivity index (χ0) is 15.5. The van der Waals surface area contributed by atoms with Gasteiger partial charge in [0.05, 0.1) is 24.2 Å². The van der Waals surface area contributed by atoms with Gasteiger partial charge in [-0.25, -0.2) is 39.1 Å². The quantitative estimate of drug-likeness (QED) is 0.561. The number of hydrogen-bond donors (Lipinski definition) is 0. The summed E-state index contributed by atoms with van der Waals surface area (Å²) < 4.78 is 0. The Morgan fingerprint density at radius 3 is 1.33 bits per heavy atom. The highest BCUT2D eigenvalue weighted by atomic mass is 16.1. The Balaban J connectivity index is 0.000000211.